The summed E-state index contributed by atoms with van der Waals surface area (Å²) < 4.78 is 24.7. The van der Waals surface area contributed by atoms with Gasteiger partial charge in [-0.15, -0.1) is 6.58 Å². The molecule has 0 amide bonds. The van der Waals surface area contributed by atoms with E-state index in [9.17, 15) is 8.42 Å². The molecule has 3 nitrogen and oxygen atoms in total. The van der Waals surface area contributed by atoms with Gasteiger partial charge in [-0.3, -0.25) is 0 Å². The number of nitrogens with zero attached hydrogens (tertiary/aromatic N) is 1. The molecule has 0 spiro atoms. The van der Waals surface area contributed by atoms with Crippen molar-refractivity contribution < 1.29 is 8.42 Å². The van der Waals surface area contributed by atoms with Gasteiger partial charge in [0.15, 0.2) is 0 Å². The first-order valence-electron chi connectivity index (χ1n) is 4.67. The van der Waals surface area contributed by atoms with Gasteiger partial charge >= 0.3 is 0 Å². The quantitative estimate of drug-likeness (QED) is 0.592. The van der Waals surface area contributed by atoms with E-state index < -0.39 is 10.0 Å². The van der Waals surface area contributed by atoms with Gasteiger partial charge in [-0.1, -0.05) is 19.9 Å². The molecule has 0 saturated carbocycles. The van der Waals surface area contributed by atoms with Gasteiger partial charge in [0.1, 0.15) is 0 Å². The van der Waals surface area contributed by atoms with E-state index in [0.29, 0.717) is 19.5 Å². The lowest BCUT2D eigenvalue weighted by Gasteiger charge is -2.19. The fourth-order valence-corrected chi connectivity index (χ4v) is 2.69. The van der Waals surface area contributed by atoms with E-state index in [-0.39, 0.29) is 5.75 Å². The molecule has 0 aliphatic rings. The van der Waals surface area contributed by atoms with Crippen LogP contribution in [0.1, 0.15) is 26.7 Å². The van der Waals surface area contributed by atoms with Crippen LogP contribution in [0.5, 0.6) is 0 Å². The molecule has 0 unspecified atom stereocenters. The van der Waals surface area contributed by atoms with Gasteiger partial charge in [0.25, 0.3) is 0 Å². The van der Waals surface area contributed by atoms with Crippen molar-refractivity contribution in [1.82, 2.24) is 4.31 Å². The Hall–Kier alpha value is -0.350. The van der Waals surface area contributed by atoms with E-state index in [2.05, 4.69) is 6.58 Å². The normalized spacial score (nSPS) is 11.9. The van der Waals surface area contributed by atoms with Gasteiger partial charge in [0, 0.05) is 13.1 Å². The summed E-state index contributed by atoms with van der Waals surface area (Å²) in [6, 6.07) is 0. The summed E-state index contributed by atoms with van der Waals surface area (Å²) in [4.78, 5) is 0. The van der Waals surface area contributed by atoms with Crippen LogP contribution in [-0.4, -0.2) is 31.6 Å². The van der Waals surface area contributed by atoms with Crippen LogP contribution in [0.15, 0.2) is 12.7 Å². The molecule has 0 atom stereocenters. The zero-order valence-electron chi connectivity index (χ0n) is 8.49. The summed E-state index contributed by atoms with van der Waals surface area (Å²) in [5, 5.41) is 0. The minimum absolute atomic E-state index is 0.237. The number of hydrogen-bond donors (Lipinski definition) is 0. The Morgan fingerprint density at radius 3 is 2.31 bits per heavy atom. The molecule has 0 heterocycles. The molecule has 0 bridgehead atoms. The molecule has 0 radical (unpaired) electrons. The molecule has 0 rings (SSSR count). The van der Waals surface area contributed by atoms with E-state index in [0.717, 1.165) is 6.42 Å². The van der Waals surface area contributed by atoms with Gasteiger partial charge in [0.2, 0.25) is 10.0 Å². The molecule has 0 fully saturated rings. The lowest BCUT2D eigenvalue weighted by molar-refractivity contribution is 0.441. The third-order valence-electron chi connectivity index (χ3n) is 1.66. The third-order valence-corrected chi connectivity index (χ3v) is 3.70. The monoisotopic (exact) mass is 205 g/mol. The summed E-state index contributed by atoms with van der Waals surface area (Å²) in [5.41, 5.74) is 0. The summed E-state index contributed by atoms with van der Waals surface area (Å²) in [6.45, 7) is 8.41. The average molecular weight is 205 g/mol. The molecule has 0 N–H and O–H groups in total. The first-order chi connectivity index (χ1) is 6.08. The number of sulfonamides is 1. The molecule has 0 aromatic carbocycles. The first-order valence-corrected chi connectivity index (χ1v) is 6.28. The number of rotatable bonds is 7. The predicted molar refractivity (Wildman–Crippen MR) is 56.1 cm³/mol. The highest BCUT2D eigenvalue weighted by atomic mass is 32.2. The van der Waals surface area contributed by atoms with Crippen molar-refractivity contribution >= 4 is 10.0 Å². The predicted octanol–water partition coefficient (Wildman–Crippen LogP) is 1.62. The topological polar surface area (TPSA) is 37.4 Å². The lowest BCUT2D eigenvalue weighted by Crippen LogP contribution is -2.33. The van der Waals surface area contributed by atoms with Crippen molar-refractivity contribution in [1.29, 1.82) is 0 Å². The highest BCUT2D eigenvalue weighted by Crippen LogP contribution is 2.04. The summed E-state index contributed by atoms with van der Waals surface area (Å²) in [6.07, 6.45) is 3.14. The Balaban J connectivity index is 4.41. The van der Waals surface area contributed by atoms with Crippen LogP contribution < -0.4 is 0 Å². The molecule has 0 aliphatic carbocycles. The maximum absolute atomic E-state index is 11.6. The van der Waals surface area contributed by atoms with Crippen molar-refractivity contribution in [2.24, 2.45) is 0 Å². The van der Waals surface area contributed by atoms with Crippen molar-refractivity contribution in [3.63, 3.8) is 0 Å². The lowest BCUT2D eigenvalue weighted by atomic mass is 10.5. The maximum atomic E-state index is 11.6. The third kappa shape index (κ3) is 4.43. The molecule has 0 saturated heterocycles. The largest absolute Gasteiger partial charge is 0.214 e. The van der Waals surface area contributed by atoms with E-state index in [1.165, 1.54) is 4.31 Å². The second-order valence-electron chi connectivity index (χ2n) is 2.96. The van der Waals surface area contributed by atoms with E-state index in [1.807, 2.05) is 13.8 Å². The fraction of sp³-hybridized carbons (Fsp3) is 0.778. The fourth-order valence-electron chi connectivity index (χ4n) is 1.12. The maximum Gasteiger partial charge on any atom is 0.214 e. The van der Waals surface area contributed by atoms with E-state index in [4.69, 9.17) is 0 Å². The van der Waals surface area contributed by atoms with Crippen LogP contribution in [0.4, 0.5) is 0 Å². The van der Waals surface area contributed by atoms with Crippen LogP contribution in [0.25, 0.3) is 0 Å². The van der Waals surface area contributed by atoms with Crippen LogP contribution in [0, 0.1) is 0 Å². The van der Waals surface area contributed by atoms with Crippen LogP contribution in [0.2, 0.25) is 0 Å². The second kappa shape index (κ2) is 6.16. The minimum Gasteiger partial charge on any atom is -0.212 e. The van der Waals surface area contributed by atoms with E-state index in [1.54, 1.807) is 6.08 Å². The molecule has 78 valence electrons. The van der Waals surface area contributed by atoms with Gasteiger partial charge in [0.05, 0.1) is 5.75 Å². The Morgan fingerprint density at radius 1 is 1.31 bits per heavy atom. The molecular weight excluding hydrogens is 186 g/mol. The highest BCUT2D eigenvalue weighted by Gasteiger charge is 2.18. The minimum atomic E-state index is -3.03. The standard InChI is InChI=1S/C9H19NO2S/c1-4-7-10(8-5-2)13(11,12)9-6-3/h4H,1,5-9H2,2-3H3. The van der Waals surface area contributed by atoms with E-state index >= 15 is 0 Å². The van der Waals surface area contributed by atoms with Crippen molar-refractivity contribution in [2.75, 3.05) is 18.8 Å². The summed E-state index contributed by atoms with van der Waals surface area (Å²) in [7, 11) is -3.03. The molecule has 13 heavy (non-hydrogen) atoms. The Bertz CT molecular complexity index is 234. The second-order valence-corrected chi connectivity index (χ2v) is 5.05. The van der Waals surface area contributed by atoms with Gasteiger partial charge in [-0.25, -0.2) is 8.42 Å². The highest BCUT2D eigenvalue weighted by molar-refractivity contribution is 7.89. The SMILES string of the molecule is C=CCN(CCC)S(=O)(=O)CCC. The Kier molecular flexibility index (Phi) is 5.99. The molecule has 0 aromatic heterocycles. The van der Waals surface area contributed by atoms with Crippen molar-refractivity contribution in [3.05, 3.63) is 12.7 Å². The Morgan fingerprint density at radius 2 is 1.92 bits per heavy atom. The zero-order chi connectivity index (χ0) is 10.3. The first kappa shape index (κ1) is 12.7. The van der Waals surface area contributed by atoms with Crippen molar-refractivity contribution in [2.45, 2.75) is 26.7 Å². The van der Waals surface area contributed by atoms with Crippen LogP contribution in [-0.2, 0) is 10.0 Å². The number of hydrogen-bond acceptors (Lipinski definition) is 2. The molecule has 4 heteroatoms. The average Bonchev–Trinajstić information content (AvgIpc) is 2.04. The van der Waals surface area contributed by atoms with Gasteiger partial charge in [-0.05, 0) is 12.8 Å². The molecule has 0 aromatic rings. The smallest absolute Gasteiger partial charge is 0.212 e. The van der Waals surface area contributed by atoms with Crippen LogP contribution >= 0.6 is 0 Å². The van der Waals surface area contributed by atoms with Crippen molar-refractivity contribution in [3.8, 4) is 0 Å². The molecule has 0 aliphatic heterocycles. The summed E-state index contributed by atoms with van der Waals surface area (Å²) >= 11 is 0. The van der Waals surface area contributed by atoms with Gasteiger partial charge < -0.3 is 0 Å². The summed E-state index contributed by atoms with van der Waals surface area (Å²) in [5.74, 6) is 0.237. The Labute approximate surface area is 81.5 Å². The zero-order valence-corrected chi connectivity index (χ0v) is 9.31. The van der Waals surface area contributed by atoms with Crippen LogP contribution in [0.3, 0.4) is 0 Å². The van der Waals surface area contributed by atoms with Gasteiger partial charge in [-0.2, -0.15) is 4.31 Å². The molecular formula is C9H19NO2S.